The summed E-state index contributed by atoms with van der Waals surface area (Å²) in [5.74, 6) is 0. The Kier molecular flexibility index (Phi) is 5.40. The van der Waals surface area contributed by atoms with Crippen LogP contribution in [-0.4, -0.2) is 30.2 Å². The highest BCUT2D eigenvalue weighted by Crippen LogP contribution is 2.04. The maximum absolute atomic E-state index is 5.15. The quantitative estimate of drug-likeness (QED) is 0.718. The van der Waals surface area contributed by atoms with E-state index in [0.29, 0.717) is 12.6 Å². The van der Waals surface area contributed by atoms with Gasteiger partial charge in [0.05, 0.1) is 6.61 Å². The van der Waals surface area contributed by atoms with Crippen LogP contribution in [0.25, 0.3) is 6.08 Å². The summed E-state index contributed by atoms with van der Waals surface area (Å²) < 4.78 is 5.15. The molecule has 0 amide bonds. The van der Waals surface area contributed by atoms with Crippen molar-refractivity contribution in [3.8, 4) is 6.01 Å². The zero-order valence-corrected chi connectivity index (χ0v) is 9.23. The van der Waals surface area contributed by atoms with Crippen LogP contribution in [0.15, 0.2) is 18.5 Å². The van der Waals surface area contributed by atoms with Crippen molar-refractivity contribution in [1.29, 1.82) is 0 Å². The van der Waals surface area contributed by atoms with Crippen LogP contribution in [0, 0.1) is 0 Å². The van der Waals surface area contributed by atoms with Gasteiger partial charge in [-0.3, -0.25) is 0 Å². The van der Waals surface area contributed by atoms with Gasteiger partial charge in [-0.15, -0.1) is 0 Å². The third kappa shape index (κ3) is 4.56. The van der Waals surface area contributed by atoms with Crippen molar-refractivity contribution >= 4 is 6.08 Å². The second kappa shape index (κ2) is 6.95. The third-order valence-electron chi connectivity index (χ3n) is 1.79. The smallest absolute Gasteiger partial charge is 0.316 e. The molecule has 0 saturated heterocycles. The minimum Gasteiger partial charge on any atom is -0.464 e. The van der Waals surface area contributed by atoms with Gasteiger partial charge in [-0.2, -0.15) is 0 Å². The standard InChI is InChI=1S/C11H17N3O/c1-3-15-11-13-8-10(9-14-11)6-4-5-7-12-2/h4,6,8-9,12H,3,5,7H2,1-2H3. The summed E-state index contributed by atoms with van der Waals surface area (Å²) in [4.78, 5) is 8.13. The number of ether oxygens (including phenoxy) is 1. The fourth-order valence-corrected chi connectivity index (χ4v) is 1.06. The molecule has 0 atom stereocenters. The van der Waals surface area contributed by atoms with E-state index in [1.54, 1.807) is 12.4 Å². The van der Waals surface area contributed by atoms with E-state index in [-0.39, 0.29) is 0 Å². The Bertz CT molecular complexity index is 295. The lowest BCUT2D eigenvalue weighted by molar-refractivity contribution is 0.312. The Morgan fingerprint density at radius 2 is 2.13 bits per heavy atom. The molecule has 0 saturated carbocycles. The van der Waals surface area contributed by atoms with E-state index < -0.39 is 0 Å². The number of hydrogen-bond donors (Lipinski definition) is 1. The zero-order chi connectivity index (χ0) is 10.9. The summed E-state index contributed by atoms with van der Waals surface area (Å²) in [7, 11) is 1.94. The maximum atomic E-state index is 5.15. The molecule has 0 aliphatic heterocycles. The highest BCUT2D eigenvalue weighted by atomic mass is 16.5. The van der Waals surface area contributed by atoms with Gasteiger partial charge in [0.25, 0.3) is 0 Å². The predicted octanol–water partition coefficient (Wildman–Crippen LogP) is 1.50. The van der Waals surface area contributed by atoms with Crippen LogP contribution in [0.1, 0.15) is 18.9 Å². The summed E-state index contributed by atoms with van der Waals surface area (Å²) >= 11 is 0. The Morgan fingerprint density at radius 3 is 2.73 bits per heavy atom. The fourth-order valence-electron chi connectivity index (χ4n) is 1.06. The van der Waals surface area contributed by atoms with Crippen molar-refractivity contribution in [3.05, 3.63) is 24.0 Å². The summed E-state index contributed by atoms with van der Waals surface area (Å²) in [5.41, 5.74) is 0.995. The second-order valence-corrected chi connectivity index (χ2v) is 3.03. The van der Waals surface area contributed by atoms with Crippen molar-refractivity contribution in [2.45, 2.75) is 13.3 Å². The first-order chi connectivity index (χ1) is 7.36. The van der Waals surface area contributed by atoms with Crippen LogP contribution < -0.4 is 10.1 Å². The van der Waals surface area contributed by atoms with Crippen LogP contribution in [0.5, 0.6) is 6.01 Å². The van der Waals surface area contributed by atoms with E-state index in [9.17, 15) is 0 Å². The first kappa shape index (κ1) is 11.7. The molecule has 1 N–H and O–H groups in total. The first-order valence-electron chi connectivity index (χ1n) is 5.12. The average molecular weight is 207 g/mol. The molecular formula is C11H17N3O. The first-order valence-corrected chi connectivity index (χ1v) is 5.12. The highest BCUT2D eigenvalue weighted by Gasteiger charge is 1.93. The lowest BCUT2D eigenvalue weighted by Crippen LogP contribution is -2.05. The topological polar surface area (TPSA) is 47.0 Å². The Morgan fingerprint density at radius 1 is 1.40 bits per heavy atom. The minimum atomic E-state index is 0.435. The van der Waals surface area contributed by atoms with Crippen LogP contribution >= 0.6 is 0 Å². The molecule has 15 heavy (non-hydrogen) atoms. The molecule has 0 radical (unpaired) electrons. The minimum absolute atomic E-state index is 0.435. The summed E-state index contributed by atoms with van der Waals surface area (Å²) in [6.07, 6.45) is 8.62. The monoisotopic (exact) mass is 207 g/mol. The molecule has 0 fully saturated rings. The molecule has 0 unspecified atom stereocenters. The van der Waals surface area contributed by atoms with E-state index in [2.05, 4.69) is 21.4 Å². The largest absolute Gasteiger partial charge is 0.464 e. The molecule has 4 nitrogen and oxygen atoms in total. The number of rotatable bonds is 6. The summed E-state index contributed by atoms with van der Waals surface area (Å²) in [6.45, 7) is 3.49. The van der Waals surface area contributed by atoms with E-state index in [1.807, 2.05) is 20.0 Å². The molecule has 0 aliphatic rings. The lowest BCUT2D eigenvalue weighted by atomic mass is 10.3. The molecule has 0 aliphatic carbocycles. The van der Waals surface area contributed by atoms with Crippen LogP contribution in [0.3, 0.4) is 0 Å². The van der Waals surface area contributed by atoms with E-state index in [4.69, 9.17) is 4.74 Å². The Labute approximate surface area is 90.4 Å². The Balaban J connectivity index is 2.45. The molecule has 4 heteroatoms. The van der Waals surface area contributed by atoms with Gasteiger partial charge in [-0.05, 0) is 26.9 Å². The van der Waals surface area contributed by atoms with Gasteiger partial charge in [-0.1, -0.05) is 12.2 Å². The molecule has 1 aromatic rings. The molecule has 82 valence electrons. The van der Waals surface area contributed by atoms with Gasteiger partial charge < -0.3 is 10.1 Å². The second-order valence-electron chi connectivity index (χ2n) is 3.03. The van der Waals surface area contributed by atoms with E-state index in [1.165, 1.54) is 0 Å². The molecule has 1 heterocycles. The number of hydrogen-bond acceptors (Lipinski definition) is 4. The zero-order valence-electron chi connectivity index (χ0n) is 9.23. The van der Waals surface area contributed by atoms with Crippen LogP contribution in [0.2, 0.25) is 0 Å². The molecule has 0 bridgehead atoms. The van der Waals surface area contributed by atoms with Gasteiger partial charge in [0.1, 0.15) is 0 Å². The molecule has 0 aromatic carbocycles. The number of nitrogens with one attached hydrogen (secondary N) is 1. The van der Waals surface area contributed by atoms with Crippen molar-refractivity contribution in [1.82, 2.24) is 15.3 Å². The maximum Gasteiger partial charge on any atom is 0.316 e. The summed E-state index contributed by atoms with van der Waals surface area (Å²) in [5, 5.41) is 3.08. The van der Waals surface area contributed by atoms with Crippen LogP contribution in [0.4, 0.5) is 0 Å². The van der Waals surface area contributed by atoms with Crippen molar-refractivity contribution in [3.63, 3.8) is 0 Å². The highest BCUT2D eigenvalue weighted by molar-refractivity contribution is 5.46. The SMILES string of the molecule is CCOc1ncc(C=CCCNC)cn1. The van der Waals surface area contributed by atoms with Gasteiger partial charge in [0, 0.05) is 18.0 Å². The number of nitrogens with zero attached hydrogens (tertiary/aromatic N) is 2. The molecule has 1 rings (SSSR count). The molecular weight excluding hydrogens is 190 g/mol. The van der Waals surface area contributed by atoms with Gasteiger partial charge in [0.15, 0.2) is 0 Å². The predicted molar refractivity (Wildman–Crippen MR) is 60.8 cm³/mol. The fraction of sp³-hybridized carbons (Fsp3) is 0.455. The normalized spacial score (nSPS) is 10.8. The lowest BCUT2D eigenvalue weighted by Gasteiger charge is -1.99. The van der Waals surface area contributed by atoms with Crippen molar-refractivity contribution < 1.29 is 4.74 Å². The van der Waals surface area contributed by atoms with Crippen molar-refractivity contribution in [2.24, 2.45) is 0 Å². The van der Waals surface area contributed by atoms with Gasteiger partial charge >= 0.3 is 6.01 Å². The average Bonchev–Trinajstić information content (AvgIpc) is 2.27. The van der Waals surface area contributed by atoms with E-state index in [0.717, 1.165) is 18.5 Å². The van der Waals surface area contributed by atoms with Gasteiger partial charge in [-0.25, -0.2) is 9.97 Å². The molecule has 1 aromatic heterocycles. The summed E-state index contributed by atoms with van der Waals surface area (Å²) in [6, 6.07) is 0.435. The van der Waals surface area contributed by atoms with Crippen molar-refractivity contribution in [2.75, 3.05) is 20.2 Å². The van der Waals surface area contributed by atoms with Gasteiger partial charge in [0.2, 0.25) is 0 Å². The molecule has 0 spiro atoms. The number of aromatic nitrogens is 2. The Hall–Kier alpha value is -1.42. The van der Waals surface area contributed by atoms with E-state index >= 15 is 0 Å². The van der Waals surface area contributed by atoms with Crippen LogP contribution in [-0.2, 0) is 0 Å². The third-order valence-corrected chi connectivity index (χ3v) is 1.79.